The van der Waals surface area contributed by atoms with E-state index in [1.54, 1.807) is 4.90 Å². The average Bonchev–Trinajstić information content (AvgIpc) is 2.93. The number of carboxylic acid groups (broad SMARTS) is 1. The Balaban J connectivity index is 1.98. The van der Waals surface area contributed by atoms with Crippen LogP contribution < -0.4 is 0 Å². The number of carbonyl (C=O) groups excluding carboxylic acids is 1. The lowest BCUT2D eigenvalue weighted by Crippen LogP contribution is -2.47. The second kappa shape index (κ2) is 4.47. The van der Waals surface area contributed by atoms with E-state index in [1.807, 2.05) is 20.8 Å². The molecule has 2 atom stereocenters. The van der Waals surface area contributed by atoms with Crippen LogP contribution in [-0.2, 0) is 9.59 Å². The lowest BCUT2D eigenvalue weighted by atomic mass is 9.89. The number of hydrogen-bond acceptors (Lipinski definition) is 3. The quantitative estimate of drug-likeness (QED) is 0.804. The number of rotatable bonds is 3. The summed E-state index contributed by atoms with van der Waals surface area (Å²) in [6, 6.07) is 0. The Morgan fingerprint density at radius 1 is 1.21 bits per heavy atom. The molecular weight excluding hydrogens is 246 g/mol. The molecular formula is C14H23NO4. The van der Waals surface area contributed by atoms with Gasteiger partial charge in [0.2, 0.25) is 5.91 Å². The standard InChI is InChI=1S/C14H23NO4/c1-4-14(19)5-7-15(8-6-14)11(16)9-10(12(17)18)13(9,2)3/h9-10,19H,4-8H2,1-3H3,(H,17,18)/t9-,10+/m0/s1. The van der Waals surface area contributed by atoms with Crippen molar-refractivity contribution in [2.24, 2.45) is 17.3 Å². The van der Waals surface area contributed by atoms with Gasteiger partial charge in [0.05, 0.1) is 17.4 Å². The first-order valence-corrected chi connectivity index (χ1v) is 6.97. The number of aliphatic carboxylic acids is 1. The van der Waals surface area contributed by atoms with Crippen molar-refractivity contribution in [2.75, 3.05) is 13.1 Å². The molecule has 1 aliphatic heterocycles. The summed E-state index contributed by atoms with van der Waals surface area (Å²) in [7, 11) is 0. The fourth-order valence-corrected chi connectivity index (χ4v) is 3.25. The highest BCUT2D eigenvalue weighted by Crippen LogP contribution is 2.59. The Labute approximate surface area is 113 Å². The van der Waals surface area contributed by atoms with Gasteiger partial charge < -0.3 is 15.1 Å². The normalized spacial score (nSPS) is 31.9. The van der Waals surface area contributed by atoms with Crippen LogP contribution in [0.5, 0.6) is 0 Å². The van der Waals surface area contributed by atoms with Crippen LogP contribution in [0.4, 0.5) is 0 Å². The molecule has 108 valence electrons. The van der Waals surface area contributed by atoms with E-state index >= 15 is 0 Å². The van der Waals surface area contributed by atoms with Gasteiger partial charge in [-0.15, -0.1) is 0 Å². The number of nitrogens with zero attached hydrogens (tertiary/aromatic N) is 1. The van der Waals surface area contributed by atoms with Gasteiger partial charge in [0.25, 0.3) is 0 Å². The zero-order valence-electron chi connectivity index (χ0n) is 11.8. The minimum absolute atomic E-state index is 0.0597. The lowest BCUT2D eigenvalue weighted by molar-refractivity contribution is -0.143. The summed E-state index contributed by atoms with van der Waals surface area (Å²) in [5.41, 5.74) is -1.09. The van der Waals surface area contributed by atoms with Crippen LogP contribution in [0.25, 0.3) is 0 Å². The van der Waals surface area contributed by atoms with Crippen molar-refractivity contribution in [2.45, 2.75) is 45.6 Å². The summed E-state index contributed by atoms with van der Waals surface area (Å²) in [5.74, 6) is -1.91. The van der Waals surface area contributed by atoms with E-state index in [9.17, 15) is 14.7 Å². The van der Waals surface area contributed by atoms with Gasteiger partial charge >= 0.3 is 5.97 Å². The van der Waals surface area contributed by atoms with E-state index in [0.717, 1.165) is 0 Å². The zero-order valence-corrected chi connectivity index (χ0v) is 11.8. The number of aliphatic hydroxyl groups is 1. The fourth-order valence-electron chi connectivity index (χ4n) is 3.25. The number of amides is 1. The van der Waals surface area contributed by atoms with Gasteiger partial charge in [-0.25, -0.2) is 0 Å². The third-order valence-corrected chi connectivity index (χ3v) is 5.02. The minimum Gasteiger partial charge on any atom is -0.481 e. The molecule has 2 N–H and O–H groups in total. The van der Waals surface area contributed by atoms with Crippen molar-refractivity contribution in [1.82, 2.24) is 4.90 Å². The van der Waals surface area contributed by atoms with Crippen LogP contribution in [0.3, 0.4) is 0 Å². The SMILES string of the molecule is CCC1(O)CCN(C(=O)[C@@H]2[C@H](C(=O)O)C2(C)C)CC1. The molecule has 0 spiro atoms. The summed E-state index contributed by atoms with van der Waals surface area (Å²) in [6.45, 7) is 6.67. The Hall–Kier alpha value is -1.10. The van der Waals surface area contributed by atoms with E-state index in [4.69, 9.17) is 5.11 Å². The predicted octanol–water partition coefficient (Wildman–Crippen LogP) is 1.11. The molecule has 5 heteroatoms. The van der Waals surface area contributed by atoms with E-state index in [0.29, 0.717) is 32.4 Å². The molecule has 19 heavy (non-hydrogen) atoms. The molecule has 1 aliphatic carbocycles. The molecule has 0 radical (unpaired) electrons. The molecule has 2 aliphatic rings. The number of likely N-dealkylation sites (tertiary alicyclic amines) is 1. The van der Waals surface area contributed by atoms with E-state index in [2.05, 4.69) is 0 Å². The lowest BCUT2D eigenvalue weighted by Gasteiger charge is -2.38. The zero-order chi connectivity index (χ0) is 14.4. The molecule has 2 rings (SSSR count). The van der Waals surface area contributed by atoms with Crippen LogP contribution in [0.1, 0.15) is 40.0 Å². The second-order valence-corrected chi connectivity index (χ2v) is 6.52. The maximum Gasteiger partial charge on any atom is 0.307 e. The molecule has 1 amide bonds. The Morgan fingerprint density at radius 2 is 1.74 bits per heavy atom. The molecule has 0 unspecified atom stereocenters. The molecule has 1 heterocycles. The van der Waals surface area contributed by atoms with Gasteiger partial charge in [0.15, 0.2) is 0 Å². The summed E-state index contributed by atoms with van der Waals surface area (Å²) in [4.78, 5) is 25.2. The summed E-state index contributed by atoms with van der Waals surface area (Å²) in [5, 5.41) is 19.3. The molecule has 5 nitrogen and oxygen atoms in total. The van der Waals surface area contributed by atoms with Gasteiger partial charge in [-0.3, -0.25) is 9.59 Å². The topological polar surface area (TPSA) is 77.8 Å². The number of carboxylic acids is 1. The van der Waals surface area contributed by atoms with Crippen LogP contribution in [0.15, 0.2) is 0 Å². The first kappa shape index (κ1) is 14.3. The Morgan fingerprint density at radius 3 is 2.11 bits per heavy atom. The third-order valence-electron chi connectivity index (χ3n) is 5.02. The first-order valence-electron chi connectivity index (χ1n) is 6.97. The summed E-state index contributed by atoms with van der Waals surface area (Å²) >= 11 is 0. The fraction of sp³-hybridized carbons (Fsp3) is 0.857. The van der Waals surface area contributed by atoms with Crippen LogP contribution in [0, 0.1) is 17.3 Å². The molecule has 0 aromatic rings. The minimum atomic E-state index is -0.884. The van der Waals surface area contributed by atoms with Crippen molar-refractivity contribution >= 4 is 11.9 Å². The van der Waals surface area contributed by atoms with Crippen LogP contribution >= 0.6 is 0 Å². The van der Waals surface area contributed by atoms with Gasteiger partial charge in [0.1, 0.15) is 0 Å². The Bertz CT molecular complexity index is 396. The molecule has 1 saturated heterocycles. The van der Waals surface area contributed by atoms with Gasteiger partial charge in [0, 0.05) is 13.1 Å². The predicted molar refractivity (Wildman–Crippen MR) is 69.5 cm³/mol. The van der Waals surface area contributed by atoms with Gasteiger partial charge in [-0.05, 0) is 24.7 Å². The maximum absolute atomic E-state index is 12.4. The molecule has 1 saturated carbocycles. The summed E-state index contributed by atoms with van der Waals surface area (Å²) in [6.07, 6.45) is 1.86. The smallest absolute Gasteiger partial charge is 0.307 e. The highest BCUT2D eigenvalue weighted by atomic mass is 16.4. The van der Waals surface area contributed by atoms with E-state index in [1.165, 1.54) is 0 Å². The average molecular weight is 269 g/mol. The highest BCUT2D eigenvalue weighted by Gasteiger charge is 2.66. The highest BCUT2D eigenvalue weighted by molar-refractivity contribution is 5.91. The van der Waals surface area contributed by atoms with Gasteiger partial charge in [-0.2, -0.15) is 0 Å². The van der Waals surface area contributed by atoms with Crippen molar-refractivity contribution in [1.29, 1.82) is 0 Å². The molecule has 0 aromatic heterocycles. The van der Waals surface area contributed by atoms with Crippen LogP contribution in [-0.4, -0.2) is 45.7 Å². The Kier molecular flexibility index (Phi) is 3.37. The number of carbonyl (C=O) groups is 2. The first-order chi connectivity index (χ1) is 8.73. The molecule has 2 fully saturated rings. The van der Waals surface area contributed by atoms with Crippen molar-refractivity contribution < 1.29 is 19.8 Å². The molecule has 0 aromatic carbocycles. The second-order valence-electron chi connectivity index (χ2n) is 6.52. The van der Waals surface area contributed by atoms with Crippen LogP contribution in [0.2, 0.25) is 0 Å². The largest absolute Gasteiger partial charge is 0.481 e. The maximum atomic E-state index is 12.4. The van der Waals surface area contributed by atoms with Crippen molar-refractivity contribution in [3.05, 3.63) is 0 Å². The monoisotopic (exact) mass is 269 g/mol. The summed E-state index contributed by atoms with van der Waals surface area (Å²) < 4.78 is 0. The van der Waals surface area contributed by atoms with Gasteiger partial charge in [-0.1, -0.05) is 20.8 Å². The molecule has 0 bridgehead atoms. The van der Waals surface area contributed by atoms with Crippen molar-refractivity contribution in [3.8, 4) is 0 Å². The number of piperidine rings is 1. The van der Waals surface area contributed by atoms with E-state index < -0.39 is 28.8 Å². The number of hydrogen-bond donors (Lipinski definition) is 2. The van der Waals surface area contributed by atoms with E-state index in [-0.39, 0.29) is 5.91 Å². The third kappa shape index (κ3) is 2.36. The van der Waals surface area contributed by atoms with Crippen molar-refractivity contribution in [3.63, 3.8) is 0 Å².